The van der Waals surface area contributed by atoms with Gasteiger partial charge in [0.05, 0.1) is 0 Å². The molecule has 2 unspecified atom stereocenters. The molecule has 1 saturated heterocycles. The molecule has 1 heterocycles. The predicted molar refractivity (Wildman–Crippen MR) is 93.9 cm³/mol. The molecule has 1 aliphatic carbocycles. The van der Waals surface area contributed by atoms with Crippen molar-refractivity contribution in [3.63, 3.8) is 0 Å². The largest absolute Gasteiger partial charge is 0.508 e. The quantitative estimate of drug-likeness (QED) is 0.790. The number of aromatic hydroxyl groups is 1. The Labute approximate surface area is 140 Å². The van der Waals surface area contributed by atoms with E-state index in [4.69, 9.17) is 5.11 Å². The van der Waals surface area contributed by atoms with Gasteiger partial charge in [0.1, 0.15) is 5.75 Å². The summed E-state index contributed by atoms with van der Waals surface area (Å²) in [7, 11) is 0. The van der Waals surface area contributed by atoms with E-state index >= 15 is 0 Å². The summed E-state index contributed by atoms with van der Waals surface area (Å²) in [6.45, 7) is 7.46. The Morgan fingerprint density at radius 1 is 1.22 bits per heavy atom. The monoisotopic (exact) mass is 317 g/mol. The van der Waals surface area contributed by atoms with Gasteiger partial charge in [0.2, 0.25) is 0 Å². The number of rotatable bonds is 6. The predicted octanol–water partition coefficient (Wildman–Crippen LogP) is 3.47. The highest BCUT2D eigenvalue weighted by molar-refractivity contribution is 5.44. The molecular weight excluding hydrogens is 286 g/mol. The molecule has 0 saturated carbocycles. The van der Waals surface area contributed by atoms with Crippen molar-refractivity contribution in [1.82, 2.24) is 4.90 Å². The molecule has 3 heteroatoms. The van der Waals surface area contributed by atoms with Gasteiger partial charge >= 0.3 is 0 Å². The van der Waals surface area contributed by atoms with Gasteiger partial charge in [0.15, 0.2) is 0 Å². The number of phenolic OH excluding ortho intramolecular Hbond substituents is 1. The Bertz CT molecular complexity index is 544. The van der Waals surface area contributed by atoms with Crippen LogP contribution in [0.2, 0.25) is 0 Å². The maximum absolute atomic E-state index is 9.90. The van der Waals surface area contributed by atoms with E-state index in [0.717, 1.165) is 19.3 Å². The fourth-order valence-electron chi connectivity index (χ4n) is 4.75. The first-order valence-electron chi connectivity index (χ1n) is 9.23. The summed E-state index contributed by atoms with van der Waals surface area (Å²) in [6.07, 6.45) is 6.84. The van der Waals surface area contributed by atoms with Gasteiger partial charge in [0.25, 0.3) is 0 Å². The zero-order valence-corrected chi connectivity index (χ0v) is 14.6. The number of likely N-dealkylation sites (tertiary alicyclic amines) is 1. The summed E-state index contributed by atoms with van der Waals surface area (Å²) >= 11 is 0. The van der Waals surface area contributed by atoms with Gasteiger partial charge in [-0.15, -0.1) is 0 Å². The lowest BCUT2D eigenvalue weighted by molar-refractivity contribution is 0.0302. The first kappa shape index (κ1) is 16.8. The molecule has 0 spiro atoms. The van der Waals surface area contributed by atoms with Crippen molar-refractivity contribution in [3.05, 3.63) is 29.3 Å². The van der Waals surface area contributed by atoms with E-state index < -0.39 is 0 Å². The standard InChI is InChI=1S/C20H31NO2/c1-15-19-13-16-7-8-17(23)14-18(16)20(15,2)9-11-21(19)10-5-3-4-6-12-22/h7-8,14-15,19,22-23H,3-6,9-13H2,1-2H3/t15-,19?,20?/m1/s1. The average molecular weight is 317 g/mol. The SMILES string of the molecule is C[C@@H]1C2Cc3ccc(O)cc3C1(C)CCN2CCCCCCO. The highest BCUT2D eigenvalue weighted by Crippen LogP contribution is 2.49. The van der Waals surface area contributed by atoms with E-state index in [1.54, 1.807) is 0 Å². The van der Waals surface area contributed by atoms with Gasteiger partial charge in [-0.2, -0.15) is 0 Å². The molecule has 0 aromatic heterocycles. The number of phenols is 1. The normalized spacial score (nSPS) is 30.2. The number of hydrogen-bond donors (Lipinski definition) is 2. The van der Waals surface area contributed by atoms with Crippen LogP contribution in [0.25, 0.3) is 0 Å². The minimum atomic E-state index is 0.199. The number of nitrogens with zero attached hydrogens (tertiary/aromatic N) is 1. The molecule has 3 atom stereocenters. The number of unbranched alkanes of at least 4 members (excludes halogenated alkanes) is 3. The van der Waals surface area contributed by atoms with Crippen LogP contribution in [0.15, 0.2) is 18.2 Å². The minimum absolute atomic E-state index is 0.199. The van der Waals surface area contributed by atoms with Crippen LogP contribution in [-0.4, -0.2) is 40.9 Å². The maximum atomic E-state index is 9.90. The molecule has 1 fully saturated rings. The van der Waals surface area contributed by atoms with E-state index in [0.29, 0.717) is 24.3 Å². The lowest BCUT2D eigenvalue weighted by atomic mass is 9.59. The van der Waals surface area contributed by atoms with Gasteiger partial charge in [-0.05, 0) is 73.4 Å². The molecule has 1 aromatic carbocycles. The topological polar surface area (TPSA) is 43.7 Å². The molecule has 3 nitrogen and oxygen atoms in total. The molecule has 2 aliphatic rings. The van der Waals surface area contributed by atoms with Crippen molar-refractivity contribution < 1.29 is 10.2 Å². The maximum Gasteiger partial charge on any atom is 0.115 e. The van der Waals surface area contributed by atoms with E-state index in [1.807, 2.05) is 12.1 Å². The van der Waals surface area contributed by atoms with E-state index in [9.17, 15) is 5.11 Å². The fourth-order valence-corrected chi connectivity index (χ4v) is 4.75. The second kappa shape index (κ2) is 6.82. The van der Waals surface area contributed by atoms with Gasteiger partial charge in [-0.1, -0.05) is 32.8 Å². The summed E-state index contributed by atoms with van der Waals surface area (Å²) in [6, 6.07) is 6.61. The molecule has 0 radical (unpaired) electrons. The first-order valence-corrected chi connectivity index (χ1v) is 9.23. The van der Waals surface area contributed by atoms with Crippen molar-refractivity contribution in [2.45, 2.75) is 63.8 Å². The average Bonchev–Trinajstić information content (AvgIpc) is 2.53. The molecular formula is C20H31NO2. The molecule has 0 amide bonds. The van der Waals surface area contributed by atoms with Crippen molar-refractivity contribution in [2.24, 2.45) is 5.92 Å². The van der Waals surface area contributed by atoms with Crippen LogP contribution in [0, 0.1) is 5.92 Å². The molecule has 1 aromatic rings. The van der Waals surface area contributed by atoms with Crippen molar-refractivity contribution in [1.29, 1.82) is 0 Å². The second-order valence-electron chi connectivity index (χ2n) is 7.74. The van der Waals surface area contributed by atoms with Crippen LogP contribution < -0.4 is 0 Å². The first-order chi connectivity index (χ1) is 11.1. The van der Waals surface area contributed by atoms with Gasteiger partial charge in [0, 0.05) is 12.6 Å². The highest BCUT2D eigenvalue weighted by Gasteiger charge is 2.48. The molecule has 3 rings (SSSR count). The molecule has 2 bridgehead atoms. The van der Waals surface area contributed by atoms with Crippen LogP contribution in [-0.2, 0) is 11.8 Å². The molecule has 128 valence electrons. The number of aliphatic hydroxyl groups is 1. The molecule has 2 N–H and O–H groups in total. The lowest BCUT2D eigenvalue weighted by Gasteiger charge is -2.54. The fraction of sp³-hybridized carbons (Fsp3) is 0.700. The van der Waals surface area contributed by atoms with Gasteiger partial charge < -0.3 is 10.2 Å². The number of benzene rings is 1. The van der Waals surface area contributed by atoms with Crippen LogP contribution in [0.5, 0.6) is 5.75 Å². The molecule has 23 heavy (non-hydrogen) atoms. The third-order valence-corrected chi connectivity index (χ3v) is 6.46. The summed E-state index contributed by atoms with van der Waals surface area (Å²) in [5.41, 5.74) is 3.01. The summed E-state index contributed by atoms with van der Waals surface area (Å²) in [4.78, 5) is 2.70. The Morgan fingerprint density at radius 3 is 2.78 bits per heavy atom. The summed E-state index contributed by atoms with van der Waals surface area (Å²) < 4.78 is 0. The van der Waals surface area contributed by atoms with E-state index in [-0.39, 0.29) is 5.41 Å². The number of piperidine rings is 1. The number of aliphatic hydroxyl groups excluding tert-OH is 1. The van der Waals surface area contributed by atoms with Crippen LogP contribution in [0.3, 0.4) is 0 Å². The number of fused-ring (bicyclic) bond motifs is 4. The Balaban J connectivity index is 1.71. The Morgan fingerprint density at radius 2 is 2.00 bits per heavy atom. The van der Waals surface area contributed by atoms with E-state index in [2.05, 4.69) is 24.8 Å². The van der Waals surface area contributed by atoms with Crippen LogP contribution in [0.4, 0.5) is 0 Å². The number of hydrogen-bond acceptors (Lipinski definition) is 3. The molecule has 1 aliphatic heterocycles. The zero-order valence-electron chi connectivity index (χ0n) is 14.6. The van der Waals surface area contributed by atoms with E-state index in [1.165, 1.54) is 43.5 Å². The zero-order chi connectivity index (χ0) is 16.4. The smallest absolute Gasteiger partial charge is 0.115 e. The Kier molecular flexibility index (Phi) is 4.98. The van der Waals surface area contributed by atoms with Crippen molar-refractivity contribution in [3.8, 4) is 5.75 Å². The summed E-state index contributed by atoms with van der Waals surface area (Å²) in [5, 5.41) is 18.8. The minimum Gasteiger partial charge on any atom is -0.508 e. The highest BCUT2D eigenvalue weighted by atomic mass is 16.3. The van der Waals surface area contributed by atoms with Gasteiger partial charge in [-0.3, -0.25) is 4.90 Å². The summed E-state index contributed by atoms with van der Waals surface area (Å²) in [5.74, 6) is 1.03. The van der Waals surface area contributed by atoms with Crippen LogP contribution in [0.1, 0.15) is 57.1 Å². The third kappa shape index (κ3) is 3.14. The van der Waals surface area contributed by atoms with Crippen molar-refractivity contribution >= 4 is 0 Å². The Hall–Kier alpha value is -1.06. The van der Waals surface area contributed by atoms with Crippen LogP contribution >= 0.6 is 0 Å². The lowest BCUT2D eigenvalue weighted by Crippen LogP contribution is -2.58. The second-order valence-corrected chi connectivity index (χ2v) is 7.74. The van der Waals surface area contributed by atoms with Crippen molar-refractivity contribution in [2.75, 3.05) is 19.7 Å². The third-order valence-electron chi connectivity index (χ3n) is 6.46. The van der Waals surface area contributed by atoms with Gasteiger partial charge in [-0.25, -0.2) is 0 Å².